The number of carbonyl (C=O) groups is 2. The summed E-state index contributed by atoms with van der Waals surface area (Å²) in [6.45, 7) is 5.37. The molecule has 0 aliphatic carbocycles. The lowest BCUT2D eigenvalue weighted by Crippen LogP contribution is -2.41. The fraction of sp³-hybridized carbons (Fsp3) is 0.357. The lowest BCUT2D eigenvalue weighted by Gasteiger charge is -2.25. The van der Waals surface area contributed by atoms with Gasteiger partial charge in [-0.05, 0) is 32.0 Å². The molecule has 0 radical (unpaired) electrons. The third-order valence-electron chi connectivity index (χ3n) is 3.45. The number of rotatable bonds is 4. The summed E-state index contributed by atoms with van der Waals surface area (Å²) in [5, 5.41) is 9.02. The smallest absolute Gasteiger partial charge is 0.335 e. The number of carboxylic acid groups (broad SMARTS) is 1. The normalized spacial score (nSPS) is 11.8. The van der Waals surface area contributed by atoms with E-state index in [0.29, 0.717) is 23.3 Å². The highest BCUT2D eigenvalue weighted by Crippen LogP contribution is 2.26. The molecular weight excluding hydrogens is 258 g/mol. The zero-order valence-corrected chi connectivity index (χ0v) is 11.7. The second-order valence-electron chi connectivity index (χ2n) is 5.15. The van der Waals surface area contributed by atoms with E-state index in [1.165, 1.54) is 12.1 Å². The fourth-order valence-electron chi connectivity index (χ4n) is 2.23. The van der Waals surface area contributed by atoms with E-state index in [1.54, 1.807) is 24.5 Å². The van der Waals surface area contributed by atoms with E-state index in [2.05, 4.69) is 4.98 Å². The number of carboxylic acids is 1. The Hall–Kier alpha value is -2.37. The van der Waals surface area contributed by atoms with Crippen LogP contribution in [-0.4, -0.2) is 26.5 Å². The lowest BCUT2D eigenvalue weighted by molar-refractivity contribution is -0.125. The fourth-order valence-corrected chi connectivity index (χ4v) is 2.23. The van der Waals surface area contributed by atoms with Crippen LogP contribution < -0.4 is 5.73 Å². The maximum atomic E-state index is 11.7. The van der Waals surface area contributed by atoms with Gasteiger partial charge in [-0.2, -0.15) is 0 Å². The van der Waals surface area contributed by atoms with E-state index in [0.717, 1.165) is 0 Å². The van der Waals surface area contributed by atoms with E-state index in [9.17, 15) is 9.59 Å². The van der Waals surface area contributed by atoms with Gasteiger partial charge >= 0.3 is 5.97 Å². The van der Waals surface area contributed by atoms with Gasteiger partial charge in [-0.25, -0.2) is 9.78 Å². The minimum Gasteiger partial charge on any atom is -0.478 e. The Morgan fingerprint density at radius 2 is 2.05 bits per heavy atom. The van der Waals surface area contributed by atoms with Crippen LogP contribution in [0.5, 0.6) is 0 Å². The zero-order valence-electron chi connectivity index (χ0n) is 11.7. The van der Waals surface area contributed by atoms with E-state index in [4.69, 9.17) is 10.8 Å². The van der Waals surface area contributed by atoms with E-state index < -0.39 is 17.4 Å². The van der Waals surface area contributed by atoms with Gasteiger partial charge < -0.3 is 15.4 Å². The number of primary amides is 1. The van der Waals surface area contributed by atoms with Crippen LogP contribution in [0, 0.1) is 0 Å². The monoisotopic (exact) mass is 275 g/mol. The van der Waals surface area contributed by atoms with Crippen LogP contribution in [0.2, 0.25) is 0 Å². The van der Waals surface area contributed by atoms with Gasteiger partial charge in [0.05, 0.1) is 16.6 Å². The molecule has 1 aromatic heterocycles. The van der Waals surface area contributed by atoms with Crippen LogP contribution in [-0.2, 0) is 16.8 Å². The van der Waals surface area contributed by atoms with Crippen molar-refractivity contribution in [3.8, 4) is 0 Å². The summed E-state index contributed by atoms with van der Waals surface area (Å²) < 4.78 is 1.77. The van der Waals surface area contributed by atoms with Crippen molar-refractivity contribution in [3.05, 3.63) is 29.6 Å². The van der Waals surface area contributed by atoms with Gasteiger partial charge in [-0.15, -0.1) is 0 Å². The third-order valence-corrected chi connectivity index (χ3v) is 3.45. The molecule has 0 bridgehead atoms. The molecule has 1 amide bonds. The van der Waals surface area contributed by atoms with Crippen molar-refractivity contribution in [1.82, 2.24) is 9.55 Å². The van der Waals surface area contributed by atoms with Gasteiger partial charge in [0.15, 0.2) is 0 Å². The summed E-state index contributed by atoms with van der Waals surface area (Å²) in [5.74, 6) is -0.770. The number of aromatic nitrogens is 2. The highest BCUT2D eigenvalue weighted by Gasteiger charge is 2.31. The number of aromatic carboxylic acids is 1. The Kier molecular flexibility index (Phi) is 3.25. The van der Waals surface area contributed by atoms with Crippen LogP contribution in [0.1, 0.15) is 37.0 Å². The first-order chi connectivity index (χ1) is 9.28. The molecular formula is C14H17N3O3. The molecule has 2 aromatic rings. The summed E-state index contributed by atoms with van der Waals surface area (Å²) in [6.07, 6.45) is 0.619. The third kappa shape index (κ3) is 2.03. The number of nitrogens with two attached hydrogens (primary N) is 1. The SMILES string of the molecule is CCc1nc2cc(C(=O)O)ccc2n1C(C)(C)C(N)=O. The highest BCUT2D eigenvalue weighted by atomic mass is 16.4. The van der Waals surface area contributed by atoms with Crippen LogP contribution in [0.25, 0.3) is 11.0 Å². The average Bonchev–Trinajstić information content (AvgIpc) is 2.76. The molecule has 0 aliphatic heterocycles. The quantitative estimate of drug-likeness (QED) is 0.883. The van der Waals surface area contributed by atoms with E-state index in [-0.39, 0.29) is 5.56 Å². The van der Waals surface area contributed by atoms with Gasteiger partial charge in [-0.1, -0.05) is 6.92 Å². The first kappa shape index (κ1) is 14.0. The van der Waals surface area contributed by atoms with Crippen LogP contribution in [0.4, 0.5) is 0 Å². The van der Waals surface area contributed by atoms with Gasteiger partial charge in [0, 0.05) is 6.42 Å². The number of aryl methyl sites for hydroxylation is 1. The number of imidazole rings is 1. The largest absolute Gasteiger partial charge is 0.478 e. The molecule has 0 unspecified atom stereocenters. The molecule has 0 saturated heterocycles. The van der Waals surface area contributed by atoms with Crippen molar-refractivity contribution >= 4 is 22.9 Å². The number of nitrogens with zero attached hydrogens (tertiary/aromatic N) is 2. The molecule has 0 atom stereocenters. The van der Waals surface area contributed by atoms with Crippen LogP contribution in [0.3, 0.4) is 0 Å². The molecule has 20 heavy (non-hydrogen) atoms. The van der Waals surface area contributed by atoms with Gasteiger partial charge in [0.25, 0.3) is 0 Å². The molecule has 6 heteroatoms. The Balaban J connectivity index is 2.77. The minimum atomic E-state index is -1.01. The molecule has 0 saturated carbocycles. The Labute approximate surface area is 116 Å². The Morgan fingerprint density at radius 1 is 1.40 bits per heavy atom. The standard InChI is InChI=1S/C14H17N3O3/c1-4-11-16-9-7-8(12(18)19)5-6-10(9)17(11)14(2,3)13(15)20/h5-7H,4H2,1-3H3,(H2,15,20)(H,18,19). The maximum absolute atomic E-state index is 11.7. The summed E-state index contributed by atoms with van der Waals surface area (Å²) in [4.78, 5) is 27.1. The highest BCUT2D eigenvalue weighted by molar-refractivity contribution is 5.93. The minimum absolute atomic E-state index is 0.168. The second kappa shape index (κ2) is 4.63. The molecule has 106 valence electrons. The Bertz CT molecular complexity index is 701. The van der Waals surface area contributed by atoms with E-state index >= 15 is 0 Å². The lowest BCUT2D eigenvalue weighted by atomic mass is 10.0. The second-order valence-corrected chi connectivity index (χ2v) is 5.15. The predicted octanol–water partition coefficient (Wildman–Crippen LogP) is 1.52. The van der Waals surface area contributed by atoms with Crippen molar-refractivity contribution in [2.75, 3.05) is 0 Å². The predicted molar refractivity (Wildman–Crippen MR) is 74.6 cm³/mol. The van der Waals surface area contributed by atoms with Crippen molar-refractivity contribution in [1.29, 1.82) is 0 Å². The molecule has 6 nitrogen and oxygen atoms in total. The van der Waals surface area contributed by atoms with Gasteiger partial charge in [-0.3, -0.25) is 4.79 Å². The first-order valence-corrected chi connectivity index (χ1v) is 6.34. The molecule has 0 spiro atoms. The molecule has 2 rings (SSSR count). The molecule has 3 N–H and O–H groups in total. The maximum Gasteiger partial charge on any atom is 0.335 e. The van der Waals surface area contributed by atoms with Crippen LogP contribution in [0.15, 0.2) is 18.2 Å². The number of carbonyl (C=O) groups excluding carboxylic acids is 1. The van der Waals surface area contributed by atoms with Crippen LogP contribution >= 0.6 is 0 Å². The summed E-state index contributed by atoms with van der Waals surface area (Å²) >= 11 is 0. The summed E-state index contributed by atoms with van der Waals surface area (Å²) in [6, 6.07) is 4.67. The van der Waals surface area contributed by atoms with Crippen molar-refractivity contribution in [2.24, 2.45) is 5.73 Å². The molecule has 0 aliphatic rings. The number of hydrogen-bond donors (Lipinski definition) is 2. The molecule has 1 aromatic carbocycles. The van der Waals surface area contributed by atoms with Gasteiger partial charge in [0.2, 0.25) is 5.91 Å². The molecule has 1 heterocycles. The average molecular weight is 275 g/mol. The number of fused-ring (bicyclic) bond motifs is 1. The van der Waals surface area contributed by atoms with Crippen molar-refractivity contribution in [2.45, 2.75) is 32.7 Å². The topological polar surface area (TPSA) is 98.2 Å². The summed E-state index contributed by atoms with van der Waals surface area (Å²) in [5.41, 5.74) is 5.97. The number of hydrogen-bond acceptors (Lipinski definition) is 3. The number of amides is 1. The zero-order chi connectivity index (χ0) is 15.1. The van der Waals surface area contributed by atoms with E-state index in [1.807, 2.05) is 6.92 Å². The number of benzene rings is 1. The Morgan fingerprint density at radius 3 is 2.55 bits per heavy atom. The van der Waals surface area contributed by atoms with Gasteiger partial charge in [0.1, 0.15) is 11.4 Å². The summed E-state index contributed by atoms with van der Waals surface area (Å²) in [7, 11) is 0. The molecule has 0 fully saturated rings. The first-order valence-electron chi connectivity index (χ1n) is 6.34. The van der Waals surface area contributed by atoms with Crippen molar-refractivity contribution < 1.29 is 14.7 Å². The van der Waals surface area contributed by atoms with Crippen molar-refractivity contribution in [3.63, 3.8) is 0 Å².